The Morgan fingerprint density at radius 2 is 2.26 bits per heavy atom. The normalized spacial score (nSPS) is 19.7. The number of guanidine groups is 1. The van der Waals surface area contributed by atoms with E-state index in [0.29, 0.717) is 18.4 Å². The second-order valence-electron chi connectivity index (χ2n) is 5.78. The van der Waals surface area contributed by atoms with Crippen LogP contribution >= 0.6 is 0 Å². The van der Waals surface area contributed by atoms with Crippen molar-refractivity contribution in [3.63, 3.8) is 0 Å². The number of hydrogen-bond donors (Lipinski definition) is 1. The molecule has 1 saturated heterocycles. The van der Waals surface area contributed by atoms with E-state index in [4.69, 9.17) is 5.73 Å². The fraction of sp³-hybridized carbons (Fsp3) is 0.600. The SMILES string of the molecule is CC1CCCN(C(N)=NCc2ccc(OCC(F)(F)F)nc2)C1. The third-order valence-corrected chi connectivity index (χ3v) is 3.59. The average Bonchev–Trinajstić information content (AvgIpc) is 2.51. The second kappa shape index (κ2) is 7.52. The maximum Gasteiger partial charge on any atom is 0.422 e. The van der Waals surface area contributed by atoms with Gasteiger partial charge in [-0.1, -0.05) is 13.0 Å². The molecule has 1 aliphatic rings. The topological polar surface area (TPSA) is 63.7 Å². The van der Waals surface area contributed by atoms with Gasteiger partial charge in [0.2, 0.25) is 5.88 Å². The molecule has 1 atom stereocenters. The predicted octanol–water partition coefficient (Wildman–Crippen LogP) is 2.57. The van der Waals surface area contributed by atoms with Crippen LogP contribution in [0.4, 0.5) is 13.2 Å². The number of rotatable bonds is 4. The summed E-state index contributed by atoms with van der Waals surface area (Å²) in [6, 6.07) is 3.03. The van der Waals surface area contributed by atoms with Crippen molar-refractivity contribution in [2.24, 2.45) is 16.6 Å². The zero-order valence-corrected chi connectivity index (χ0v) is 13.0. The first-order valence-corrected chi connectivity index (χ1v) is 7.53. The molecule has 0 aliphatic carbocycles. The maximum atomic E-state index is 12.0. The van der Waals surface area contributed by atoms with Gasteiger partial charge in [-0.2, -0.15) is 13.2 Å². The molecule has 23 heavy (non-hydrogen) atoms. The average molecular weight is 330 g/mol. The summed E-state index contributed by atoms with van der Waals surface area (Å²) < 4.78 is 40.7. The van der Waals surface area contributed by atoms with E-state index >= 15 is 0 Å². The van der Waals surface area contributed by atoms with Gasteiger partial charge in [0.05, 0.1) is 6.54 Å². The van der Waals surface area contributed by atoms with Crippen LogP contribution in [-0.4, -0.2) is 41.7 Å². The highest BCUT2D eigenvalue weighted by molar-refractivity contribution is 5.78. The van der Waals surface area contributed by atoms with Crippen molar-refractivity contribution in [3.05, 3.63) is 23.9 Å². The summed E-state index contributed by atoms with van der Waals surface area (Å²) >= 11 is 0. The largest absolute Gasteiger partial charge is 0.468 e. The summed E-state index contributed by atoms with van der Waals surface area (Å²) in [4.78, 5) is 10.2. The summed E-state index contributed by atoms with van der Waals surface area (Å²) in [5.41, 5.74) is 6.75. The Balaban J connectivity index is 1.86. The Hall–Kier alpha value is -1.99. The fourth-order valence-corrected chi connectivity index (χ4v) is 2.42. The number of ether oxygens (including phenoxy) is 1. The Bertz CT molecular complexity index is 531. The van der Waals surface area contributed by atoms with E-state index in [-0.39, 0.29) is 5.88 Å². The predicted molar refractivity (Wildman–Crippen MR) is 81.1 cm³/mol. The molecule has 0 aromatic carbocycles. The molecule has 0 bridgehead atoms. The molecule has 2 heterocycles. The lowest BCUT2D eigenvalue weighted by Gasteiger charge is -2.31. The Morgan fingerprint density at radius 3 is 2.87 bits per heavy atom. The Kier molecular flexibility index (Phi) is 5.68. The number of aliphatic imine (C=N–C) groups is 1. The molecular formula is C15H21F3N4O. The van der Waals surface area contributed by atoms with E-state index in [0.717, 1.165) is 25.1 Å². The standard InChI is InChI=1S/C15H21F3N4O/c1-11-3-2-6-22(9-11)14(19)21-8-12-4-5-13(20-7-12)23-10-15(16,17)18/h4-5,7,11H,2-3,6,8-10H2,1H3,(H2,19,21). The number of hydrogen-bond acceptors (Lipinski definition) is 3. The zero-order chi connectivity index (χ0) is 16.9. The van der Waals surface area contributed by atoms with Crippen LogP contribution in [0, 0.1) is 5.92 Å². The van der Waals surface area contributed by atoms with Gasteiger partial charge in [-0.25, -0.2) is 9.98 Å². The summed E-state index contributed by atoms with van der Waals surface area (Å²) in [7, 11) is 0. The molecule has 1 aromatic heterocycles. The number of piperidine rings is 1. The smallest absolute Gasteiger partial charge is 0.422 e. The number of nitrogens with two attached hydrogens (primary N) is 1. The molecule has 0 spiro atoms. The van der Waals surface area contributed by atoms with Gasteiger partial charge in [0.1, 0.15) is 0 Å². The number of aromatic nitrogens is 1. The highest BCUT2D eigenvalue weighted by Crippen LogP contribution is 2.17. The first kappa shape index (κ1) is 17.4. The van der Waals surface area contributed by atoms with Crippen molar-refractivity contribution in [3.8, 4) is 5.88 Å². The van der Waals surface area contributed by atoms with Gasteiger partial charge < -0.3 is 15.4 Å². The summed E-state index contributed by atoms with van der Waals surface area (Å²) in [6.45, 7) is 2.98. The maximum absolute atomic E-state index is 12.0. The lowest BCUT2D eigenvalue weighted by molar-refractivity contribution is -0.154. The number of nitrogens with zero attached hydrogens (tertiary/aromatic N) is 3. The van der Waals surface area contributed by atoms with Gasteiger partial charge in [0, 0.05) is 25.4 Å². The van der Waals surface area contributed by atoms with Gasteiger partial charge in [-0.3, -0.25) is 0 Å². The first-order valence-electron chi connectivity index (χ1n) is 7.53. The van der Waals surface area contributed by atoms with Crippen LogP contribution < -0.4 is 10.5 Å². The van der Waals surface area contributed by atoms with Crippen LogP contribution in [0.15, 0.2) is 23.3 Å². The van der Waals surface area contributed by atoms with Crippen LogP contribution in [0.1, 0.15) is 25.3 Å². The highest BCUT2D eigenvalue weighted by Gasteiger charge is 2.28. The van der Waals surface area contributed by atoms with E-state index in [1.807, 2.05) is 0 Å². The van der Waals surface area contributed by atoms with E-state index < -0.39 is 12.8 Å². The number of pyridine rings is 1. The summed E-state index contributed by atoms with van der Waals surface area (Å²) in [6.07, 6.45) is -0.622. The van der Waals surface area contributed by atoms with E-state index in [1.54, 1.807) is 6.07 Å². The quantitative estimate of drug-likeness (QED) is 0.681. The Labute approximate surface area is 133 Å². The van der Waals surface area contributed by atoms with Crippen molar-refractivity contribution in [1.29, 1.82) is 0 Å². The van der Waals surface area contributed by atoms with Crippen molar-refractivity contribution in [1.82, 2.24) is 9.88 Å². The van der Waals surface area contributed by atoms with Crippen LogP contribution in [-0.2, 0) is 6.54 Å². The van der Waals surface area contributed by atoms with E-state index in [9.17, 15) is 13.2 Å². The minimum atomic E-state index is -4.37. The molecule has 5 nitrogen and oxygen atoms in total. The first-order chi connectivity index (χ1) is 10.8. The van der Waals surface area contributed by atoms with Crippen LogP contribution in [0.25, 0.3) is 0 Å². The van der Waals surface area contributed by atoms with Crippen LogP contribution in [0.5, 0.6) is 5.88 Å². The molecule has 1 unspecified atom stereocenters. The summed E-state index contributed by atoms with van der Waals surface area (Å²) in [5.74, 6) is 1.03. The van der Waals surface area contributed by atoms with Gasteiger partial charge in [0.25, 0.3) is 0 Å². The molecule has 128 valence electrons. The molecule has 2 N–H and O–H groups in total. The van der Waals surface area contributed by atoms with Crippen molar-refractivity contribution in [2.75, 3.05) is 19.7 Å². The molecular weight excluding hydrogens is 309 g/mol. The third kappa shape index (κ3) is 5.96. The van der Waals surface area contributed by atoms with Gasteiger partial charge in [-0.05, 0) is 24.3 Å². The molecule has 1 aromatic rings. The van der Waals surface area contributed by atoms with Crippen molar-refractivity contribution < 1.29 is 17.9 Å². The van der Waals surface area contributed by atoms with Gasteiger partial charge in [0.15, 0.2) is 12.6 Å². The number of alkyl halides is 3. The van der Waals surface area contributed by atoms with Crippen LogP contribution in [0.2, 0.25) is 0 Å². The molecule has 0 amide bonds. The molecule has 0 saturated carbocycles. The summed E-state index contributed by atoms with van der Waals surface area (Å²) in [5, 5.41) is 0. The minimum absolute atomic E-state index is 0.0621. The van der Waals surface area contributed by atoms with Crippen molar-refractivity contribution in [2.45, 2.75) is 32.5 Å². The van der Waals surface area contributed by atoms with Gasteiger partial charge >= 0.3 is 6.18 Å². The van der Waals surface area contributed by atoms with Crippen molar-refractivity contribution >= 4 is 5.96 Å². The monoisotopic (exact) mass is 330 g/mol. The molecule has 2 rings (SSSR count). The highest BCUT2D eigenvalue weighted by atomic mass is 19.4. The van der Waals surface area contributed by atoms with E-state index in [2.05, 4.69) is 26.5 Å². The molecule has 1 fully saturated rings. The van der Waals surface area contributed by atoms with Crippen LogP contribution in [0.3, 0.4) is 0 Å². The lowest BCUT2D eigenvalue weighted by Crippen LogP contribution is -2.43. The molecule has 0 radical (unpaired) electrons. The zero-order valence-electron chi connectivity index (χ0n) is 13.0. The second-order valence-corrected chi connectivity index (χ2v) is 5.78. The fourth-order valence-electron chi connectivity index (χ4n) is 2.42. The minimum Gasteiger partial charge on any atom is -0.468 e. The molecule has 8 heteroatoms. The van der Waals surface area contributed by atoms with Gasteiger partial charge in [-0.15, -0.1) is 0 Å². The lowest BCUT2D eigenvalue weighted by atomic mass is 10.0. The molecule has 1 aliphatic heterocycles. The Morgan fingerprint density at radius 1 is 1.48 bits per heavy atom. The van der Waals surface area contributed by atoms with E-state index in [1.165, 1.54) is 18.7 Å². The number of likely N-dealkylation sites (tertiary alicyclic amines) is 1. The third-order valence-electron chi connectivity index (χ3n) is 3.59. The number of halogens is 3.